The fourth-order valence-electron chi connectivity index (χ4n) is 2.27. The van der Waals surface area contributed by atoms with E-state index in [1.807, 2.05) is 30.3 Å². The number of nitrogens with zero attached hydrogens (tertiary/aromatic N) is 1. The lowest BCUT2D eigenvalue weighted by Gasteiger charge is -2.24. The van der Waals surface area contributed by atoms with Crippen LogP contribution in [-0.2, 0) is 11.2 Å². The first-order valence-electron chi connectivity index (χ1n) is 6.93. The number of aryl methyl sites for hydroxylation is 1. The monoisotopic (exact) mass is 262 g/mol. The van der Waals surface area contributed by atoms with Crippen molar-refractivity contribution < 1.29 is 9.90 Å². The summed E-state index contributed by atoms with van der Waals surface area (Å²) in [5.41, 5.74) is 7.19. The molecule has 0 heterocycles. The zero-order valence-corrected chi connectivity index (χ0v) is 11.2. The van der Waals surface area contributed by atoms with E-state index in [9.17, 15) is 4.79 Å². The molecule has 1 atom stereocenters. The molecule has 0 aromatic heterocycles. The van der Waals surface area contributed by atoms with Gasteiger partial charge in [0.25, 0.3) is 0 Å². The third-order valence-electron chi connectivity index (χ3n) is 3.52. The Balaban J connectivity index is 1.84. The van der Waals surface area contributed by atoms with Crippen molar-refractivity contribution in [2.24, 2.45) is 5.73 Å². The Kier molecular flexibility index (Phi) is 4.93. The second-order valence-electron chi connectivity index (χ2n) is 5.12. The molecule has 1 fully saturated rings. The number of hydrogen-bond acceptors (Lipinski definition) is 3. The minimum absolute atomic E-state index is 0.00758. The van der Waals surface area contributed by atoms with Crippen molar-refractivity contribution in [1.82, 2.24) is 4.90 Å². The zero-order chi connectivity index (χ0) is 13.7. The summed E-state index contributed by atoms with van der Waals surface area (Å²) >= 11 is 0. The van der Waals surface area contributed by atoms with Gasteiger partial charge in [-0.2, -0.15) is 0 Å². The van der Waals surface area contributed by atoms with Crippen LogP contribution in [-0.4, -0.2) is 41.1 Å². The summed E-state index contributed by atoms with van der Waals surface area (Å²) in [5, 5.41) is 9.02. The quantitative estimate of drug-likeness (QED) is 0.768. The van der Waals surface area contributed by atoms with Crippen LogP contribution in [0.3, 0.4) is 0 Å². The normalized spacial score (nSPS) is 16.1. The SMILES string of the molecule is NC(CCc1ccccc1)C(=O)N(CCO)C1CC1. The third-order valence-corrected chi connectivity index (χ3v) is 3.52. The topological polar surface area (TPSA) is 66.6 Å². The first-order valence-corrected chi connectivity index (χ1v) is 6.93. The average Bonchev–Trinajstić information content (AvgIpc) is 3.27. The van der Waals surface area contributed by atoms with E-state index in [1.165, 1.54) is 5.56 Å². The van der Waals surface area contributed by atoms with Crippen LogP contribution in [0.15, 0.2) is 30.3 Å². The first kappa shape index (κ1) is 14.0. The molecule has 19 heavy (non-hydrogen) atoms. The maximum Gasteiger partial charge on any atom is 0.239 e. The van der Waals surface area contributed by atoms with Gasteiger partial charge in [-0.25, -0.2) is 0 Å². The van der Waals surface area contributed by atoms with Crippen molar-refractivity contribution >= 4 is 5.91 Å². The maximum atomic E-state index is 12.2. The van der Waals surface area contributed by atoms with Crippen molar-refractivity contribution in [2.75, 3.05) is 13.2 Å². The van der Waals surface area contributed by atoms with Gasteiger partial charge in [0.15, 0.2) is 0 Å². The summed E-state index contributed by atoms with van der Waals surface area (Å²) < 4.78 is 0. The summed E-state index contributed by atoms with van der Waals surface area (Å²) in [6.07, 6.45) is 3.54. The van der Waals surface area contributed by atoms with E-state index in [0.717, 1.165) is 19.3 Å². The van der Waals surface area contributed by atoms with Gasteiger partial charge in [0, 0.05) is 12.6 Å². The van der Waals surface area contributed by atoms with Gasteiger partial charge in [-0.3, -0.25) is 4.79 Å². The zero-order valence-electron chi connectivity index (χ0n) is 11.2. The minimum Gasteiger partial charge on any atom is -0.395 e. The van der Waals surface area contributed by atoms with Gasteiger partial charge in [-0.15, -0.1) is 0 Å². The number of benzene rings is 1. The van der Waals surface area contributed by atoms with Crippen LogP contribution in [0.25, 0.3) is 0 Å². The predicted molar refractivity (Wildman–Crippen MR) is 74.6 cm³/mol. The summed E-state index contributed by atoms with van der Waals surface area (Å²) in [7, 11) is 0. The minimum atomic E-state index is -0.465. The van der Waals surface area contributed by atoms with Gasteiger partial charge >= 0.3 is 0 Å². The largest absolute Gasteiger partial charge is 0.395 e. The van der Waals surface area contributed by atoms with E-state index in [1.54, 1.807) is 4.90 Å². The van der Waals surface area contributed by atoms with Gasteiger partial charge in [0.2, 0.25) is 5.91 Å². The van der Waals surface area contributed by atoms with E-state index in [2.05, 4.69) is 0 Å². The van der Waals surface area contributed by atoms with Gasteiger partial charge < -0.3 is 15.7 Å². The summed E-state index contributed by atoms with van der Waals surface area (Å²) in [4.78, 5) is 14.0. The number of nitrogens with two attached hydrogens (primary N) is 1. The van der Waals surface area contributed by atoms with E-state index < -0.39 is 6.04 Å². The lowest BCUT2D eigenvalue weighted by atomic mass is 10.0. The molecule has 1 aliphatic carbocycles. The van der Waals surface area contributed by atoms with Crippen LogP contribution in [0.2, 0.25) is 0 Å². The van der Waals surface area contributed by atoms with Crippen LogP contribution in [0.4, 0.5) is 0 Å². The summed E-state index contributed by atoms with van der Waals surface area (Å²) in [5.74, 6) is -0.0209. The highest BCUT2D eigenvalue weighted by Gasteiger charge is 2.34. The molecular weight excluding hydrogens is 240 g/mol. The predicted octanol–water partition coefficient (Wildman–Crippen LogP) is 0.930. The third kappa shape index (κ3) is 4.04. The molecule has 1 saturated carbocycles. The lowest BCUT2D eigenvalue weighted by molar-refractivity contribution is -0.133. The Hall–Kier alpha value is -1.39. The van der Waals surface area contributed by atoms with Gasteiger partial charge in [0.1, 0.15) is 0 Å². The molecule has 1 amide bonds. The molecule has 1 aromatic rings. The molecule has 1 aromatic carbocycles. The van der Waals surface area contributed by atoms with Crippen LogP contribution in [0.1, 0.15) is 24.8 Å². The Morgan fingerprint density at radius 2 is 2.05 bits per heavy atom. The molecular formula is C15H22N2O2. The first-order chi connectivity index (χ1) is 9.22. The molecule has 0 aliphatic heterocycles. The van der Waals surface area contributed by atoms with E-state index >= 15 is 0 Å². The number of rotatable bonds is 7. The van der Waals surface area contributed by atoms with Crippen LogP contribution >= 0.6 is 0 Å². The fraction of sp³-hybridized carbons (Fsp3) is 0.533. The molecule has 3 N–H and O–H groups in total. The Morgan fingerprint density at radius 1 is 1.37 bits per heavy atom. The molecule has 104 valence electrons. The number of aliphatic hydroxyl groups excluding tert-OH is 1. The number of amides is 1. The second-order valence-corrected chi connectivity index (χ2v) is 5.12. The molecule has 0 bridgehead atoms. The van der Waals surface area contributed by atoms with Crippen molar-refractivity contribution in [3.05, 3.63) is 35.9 Å². The highest BCUT2D eigenvalue weighted by molar-refractivity contribution is 5.82. The van der Waals surface area contributed by atoms with E-state index in [-0.39, 0.29) is 12.5 Å². The smallest absolute Gasteiger partial charge is 0.239 e. The maximum absolute atomic E-state index is 12.2. The van der Waals surface area contributed by atoms with Crippen molar-refractivity contribution in [3.63, 3.8) is 0 Å². The number of aliphatic hydroxyl groups is 1. The number of carbonyl (C=O) groups is 1. The Morgan fingerprint density at radius 3 is 2.63 bits per heavy atom. The molecule has 1 unspecified atom stereocenters. The molecule has 0 saturated heterocycles. The summed E-state index contributed by atoms with van der Waals surface area (Å²) in [6.45, 7) is 0.413. The molecule has 4 heteroatoms. The highest BCUT2D eigenvalue weighted by Crippen LogP contribution is 2.27. The number of hydrogen-bond donors (Lipinski definition) is 2. The van der Waals surface area contributed by atoms with Gasteiger partial charge in [-0.05, 0) is 31.2 Å². The average molecular weight is 262 g/mol. The van der Waals surface area contributed by atoms with Crippen LogP contribution < -0.4 is 5.73 Å². The van der Waals surface area contributed by atoms with Crippen molar-refractivity contribution in [3.8, 4) is 0 Å². The lowest BCUT2D eigenvalue weighted by Crippen LogP contribution is -2.46. The van der Waals surface area contributed by atoms with Crippen molar-refractivity contribution in [1.29, 1.82) is 0 Å². The molecule has 2 rings (SSSR count). The number of carbonyl (C=O) groups excluding carboxylic acids is 1. The molecule has 1 aliphatic rings. The van der Waals surface area contributed by atoms with E-state index in [0.29, 0.717) is 19.0 Å². The van der Waals surface area contributed by atoms with E-state index in [4.69, 9.17) is 10.8 Å². The standard InChI is InChI=1S/C15H22N2O2/c16-14(9-6-12-4-2-1-3-5-12)15(19)17(10-11-18)13-7-8-13/h1-5,13-14,18H,6-11,16H2. The summed E-state index contributed by atoms with van der Waals surface area (Å²) in [6, 6.07) is 9.89. The molecule has 4 nitrogen and oxygen atoms in total. The van der Waals surface area contributed by atoms with Crippen molar-refractivity contribution in [2.45, 2.75) is 37.8 Å². The second kappa shape index (κ2) is 6.68. The Bertz CT molecular complexity index is 404. The fourth-order valence-corrected chi connectivity index (χ4v) is 2.27. The van der Waals surface area contributed by atoms with Gasteiger partial charge in [0.05, 0.1) is 12.6 Å². The molecule has 0 radical (unpaired) electrons. The Labute approximate surface area is 114 Å². The van der Waals surface area contributed by atoms with Crippen LogP contribution in [0.5, 0.6) is 0 Å². The molecule has 0 spiro atoms. The van der Waals surface area contributed by atoms with Gasteiger partial charge in [-0.1, -0.05) is 30.3 Å². The highest BCUT2D eigenvalue weighted by atomic mass is 16.3. The van der Waals surface area contributed by atoms with Crippen LogP contribution in [0, 0.1) is 0 Å².